The van der Waals surface area contributed by atoms with Crippen LogP contribution in [0.3, 0.4) is 0 Å². The second-order valence-electron chi connectivity index (χ2n) is 12.2. The fourth-order valence-electron chi connectivity index (χ4n) is 7.55. The molecule has 6 nitrogen and oxygen atoms in total. The SMILES string of the molecule is Cc1ccc(S(=O)(=O)OC[C@@H]2[C@@H](COS(=O)(=O)c3ccc(C)cc3)[C@@H]3CC[C@@H]2C3C(c2ccccc2)c2ccccc2)cc1. The van der Waals surface area contributed by atoms with Crippen molar-refractivity contribution >= 4 is 20.2 Å². The number of rotatable bonds is 11. The topological polar surface area (TPSA) is 86.7 Å². The zero-order valence-electron chi connectivity index (χ0n) is 25.0. The fraction of sp³-hybridized carbons (Fsp3) is 0.333. The van der Waals surface area contributed by atoms with Gasteiger partial charge in [0.2, 0.25) is 0 Å². The van der Waals surface area contributed by atoms with E-state index in [0.717, 1.165) is 24.0 Å². The first-order valence-electron chi connectivity index (χ1n) is 15.2. The Labute approximate surface area is 261 Å². The summed E-state index contributed by atoms with van der Waals surface area (Å²) in [6.07, 6.45) is 1.84. The zero-order valence-corrected chi connectivity index (χ0v) is 26.6. The number of hydrogen-bond acceptors (Lipinski definition) is 6. The molecule has 8 heteroatoms. The Balaban J connectivity index is 1.33. The van der Waals surface area contributed by atoms with Gasteiger partial charge < -0.3 is 0 Å². The summed E-state index contributed by atoms with van der Waals surface area (Å²) < 4.78 is 64.5. The zero-order chi connectivity index (χ0) is 30.9. The van der Waals surface area contributed by atoms with E-state index in [4.69, 9.17) is 8.37 Å². The quantitative estimate of drug-likeness (QED) is 0.164. The van der Waals surface area contributed by atoms with Crippen LogP contribution in [0.5, 0.6) is 0 Å². The van der Waals surface area contributed by atoms with Gasteiger partial charge in [-0.05, 0) is 91.7 Å². The Morgan fingerprint density at radius 3 is 1.30 bits per heavy atom. The summed E-state index contributed by atoms with van der Waals surface area (Å²) in [6.45, 7) is 3.75. The van der Waals surface area contributed by atoms with Crippen LogP contribution in [0.2, 0.25) is 0 Å². The average Bonchev–Trinajstić information content (AvgIpc) is 3.56. The summed E-state index contributed by atoms with van der Waals surface area (Å²) in [5.74, 6) is 0.129. The van der Waals surface area contributed by atoms with Crippen LogP contribution >= 0.6 is 0 Å². The molecule has 0 N–H and O–H groups in total. The maximum absolute atomic E-state index is 13.3. The van der Waals surface area contributed by atoms with Gasteiger partial charge in [0.25, 0.3) is 20.2 Å². The fourth-order valence-corrected chi connectivity index (χ4v) is 9.43. The lowest BCUT2D eigenvalue weighted by atomic mass is 9.75. The predicted molar refractivity (Wildman–Crippen MR) is 170 cm³/mol. The largest absolute Gasteiger partial charge is 0.296 e. The molecular weight excluding hydrogens is 593 g/mol. The van der Waals surface area contributed by atoms with Gasteiger partial charge >= 0.3 is 0 Å². The molecular formula is C36H38O6S2. The van der Waals surface area contributed by atoms with Crippen molar-refractivity contribution in [2.24, 2.45) is 29.6 Å². The molecule has 230 valence electrons. The molecule has 4 aromatic rings. The second-order valence-corrected chi connectivity index (χ2v) is 15.4. The maximum atomic E-state index is 13.3. The minimum absolute atomic E-state index is 0.0250. The molecule has 2 fully saturated rings. The molecule has 0 aliphatic heterocycles. The third kappa shape index (κ3) is 6.26. The lowest BCUT2D eigenvalue weighted by Gasteiger charge is -2.30. The highest BCUT2D eigenvalue weighted by atomic mass is 32.2. The third-order valence-corrected chi connectivity index (χ3v) is 12.2. The van der Waals surface area contributed by atoms with Gasteiger partial charge in [0.1, 0.15) is 0 Å². The minimum atomic E-state index is -4.00. The highest BCUT2D eigenvalue weighted by Crippen LogP contribution is 2.61. The van der Waals surface area contributed by atoms with E-state index in [1.807, 2.05) is 50.2 Å². The molecule has 2 aliphatic rings. The van der Waals surface area contributed by atoms with Gasteiger partial charge in [-0.25, -0.2) is 0 Å². The Kier molecular flexibility index (Phi) is 8.79. The lowest BCUT2D eigenvalue weighted by molar-refractivity contribution is 0.101. The molecule has 4 aromatic carbocycles. The molecule has 2 bridgehead atoms. The highest BCUT2D eigenvalue weighted by molar-refractivity contribution is 7.87. The van der Waals surface area contributed by atoms with Crippen molar-refractivity contribution < 1.29 is 25.2 Å². The van der Waals surface area contributed by atoms with E-state index >= 15 is 0 Å². The van der Waals surface area contributed by atoms with Gasteiger partial charge in [-0.1, -0.05) is 96.1 Å². The smallest absolute Gasteiger partial charge is 0.266 e. The van der Waals surface area contributed by atoms with Crippen LogP contribution in [0.25, 0.3) is 0 Å². The van der Waals surface area contributed by atoms with Crippen molar-refractivity contribution in [1.82, 2.24) is 0 Å². The Morgan fingerprint density at radius 2 is 0.932 bits per heavy atom. The van der Waals surface area contributed by atoms with Crippen molar-refractivity contribution in [2.45, 2.75) is 42.4 Å². The van der Waals surface area contributed by atoms with E-state index in [0.29, 0.717) is 0 Å². The van der Waals surface area contributed by atoms with Crippen molar-refractivity contribution in [1.29, 1.82) is 0 Å². The van der Waals surface area contributed by atoms with Crippen molar-refractivity contribution in [3.8, 4) is 0 Å². The number of benzene rings is 4. The van der Waals surface area contributed by atoms with Crippen molar-refractivity contribution in [3.63, 3.8) is 0 Å². The molecule has 2 saturated carbocycles. The summed E-state index contributed by atoms with van der Waals surface area (Å²) in [6, 6.07) is 34.0. The van der Waals surface area contributed by atoms with Crippen molar-refractivity contribution in [2.75, 3.05) is 13.2 Å². The predicted octanol–water partition coefficient (Wildman–Crippen LogP) is 7.13. The van der Waals surface area contributed by atoms with Crippen LogP contribution in [-0.2, 0) is 28.6 Å². The minimum Gasteiger partial charge on any atom is -0.266 e. The Morgan fingerprint density at radius 1 is 0.568 bits per heavy atom. The summed E-state index contributed by atoms with van der Waals surface area (Å²) in [5, 5.41) is 0. The van der Waals surface area contributed by atoms with E-state index in [-0.39, 0.29) is 58.5 Å². The first-order valence-corrected chi connectivity index (χ1v) is 18.0. The Bertz CT molecular complexity index is 1640. The van der Waals surface area contributed by atoms with Gasteiger partial charge in [0.15, 0.2) is 0 Å². The van der Waals surface area contributed by atoms with Gasteiger partial charge in [0, 0.05) is 5.92 Å². The molecule has 0 heterocycles. The van der Waals surface area contributed by atoms with Gasteiger partial charge in [-0.3, -0.25) is 8.37 Å². The first-order chi connectivity index (χ1) is 21.1. The maximum Gasteiger partial charge on any atom is 0.296 e. The number of fused-ring (bicyclic) bond motifs is 2. The van der Waals surface area contributed by atoms with Gasteiger partial charge in [-0.2, -0.15) is 16.8 Å². The molecule has 2 aliphatic carbocycles. The van der Waals surface area contributed by atoms with Crippen LogP contribution in [0.4, 0.5) is 0 Å². The first kappa shape index (κ1) is 30.7. The standard InChI is InChI=1S/C36H38O6S2/c1-25-13-17-29(18-14-25)43(37,38)41-23-33-31-21-22-32(34(33)24-42-44(39,40)30-19-15-26(2)16-20-30)36(31)35(27-9-5-3-6-10-27)28-11-7-4-8-12-28/h3-20,31-36H,21-24H2,1-2H3/t31-,32-,33-,34-/m0/s1. The van der Waals surface area contributed by atoms with E-state index in [1.165, 1.54) is 11.1 Å². The van der Waals surface area contributed by atoms with Crippen LogP contribution in [0.1, 0.15) is 41.0 Å². The van der Waals surface area contributed by atoms with Gasteiger partial charge in [0.05, 0.1) is 23.0 Å². The van der Waals surface area contributed by atoms with Crippen LogP contribution in [0, 0.1) is 43.4 Å². The normalized spacial score (nSPS) is 23.3. The molecule has 0 spiro atoms. The van der Waals surface area contributed by atoms with E-state index in [2.05, 4.69) is 24.3 Å². The molecule has 6 rings (SSSR count). The summed E-state index contributed by atoms with van der Waals surface area (Å²) in [7, 11) is -7.99. The molecule has 4 atom stereocenters. The van der Waals surface area contributed by atoms with Crippen LogP contribution in [0.15, 0.2) is 119 Å². The van der Waals surface area contributed by atoms with E-state index in [9.17, 15) is 16.8 Å². The second kappa shape index (κ2) is 12.6. The summed E-state index contributed by atoms with van der Waals surface area (Å²) in [4.78, 5) is 0.230. The average molecular weight is 631 g/mol. The molecule has 0 amide bonds. The third-order valence-electron chi connectivity index (χ3n) is 9.62. The van der Waals surface area contributed by atoms with Crippen LogP contribution < -0.4 is 0 Å². The van der Waals surface area contributed by atoms with E-state index in [1.54, 1.807) is 48.5 Å². The Hall–Kier alpha value is -3.30. The summed E-state index contributed by atoms with van der Waals surface area (Å²) >= 11 is 0. The molecule has 0 radical (unpaired) electrons. The number of hydrogen-bond donors (Lipinski definition) is 0. The monoisotopic (exact) mass is 630 g/mol. The lowest BCUT2D eigenvalue weighted by Crippen LogP contribution is -2.31. The number of aryl methyl sites for hydroxylation is 2. The van der Waals surface area contributed by atoms with Gasteiger partial charge in [-0.15, -0.1) is 0 Å². The molecule has 0 aromatic heterocycles. The molecule has 0 unspecified atom stereocenters. The highest BCUT2D eigenvalue weighted by Gasteiger charge is 2.57. The molecule has 44 heavy (non-hydrogen) atoms. The van der Waals surface area contributed by atoms with Crippen LogP contribution in [-0.4, -0.2) is 30.0 Å². The molecule has 0 saturated heterocycles. The van der Waals surface area contributed by atoms with Crippen molar-refractivity contribution in [3.05, 3.63) is 131 Å². The van der Waals surface area contributed by atoms with E-state index < -0.39 is 20.2 Å². The summed E-state index contributed by atoms with van der Waals surface area (Å²) in [5.41, 5.74) is 4.31.